The van der Waals surface area contributed by atoms with Gasteiger partial charge in [0.25, 0.3) is 0 Å². The molecule has 2 rings (SSSR count). The highest BCUT2D eigenvalue weighted by atomic mass is 19.1. The van der Waals surface area contributed by atoms with E-state index in [1.165, 1.54) is 32.5 Å². The van der Waals surface area contributed by atoms with Gasteiger partial charge in [0.2, 0.25) is 0 Å². The molecule has 1 N–H and O–H groups in total. The Bertz CT molecular complexity index is 398. The van der Waals surface area contributed by atoms with E-state index in [0.717, 1.165) is 30.1 Å². The molecule has 0 saturated carbocycles. The maximum atomic E-state index is 13.4. The number of hydrogen-bond acceptors (Lipinski definition) is 2. The van der Waals surface area contributed by atoms with Gasteiger partial charge in [-0.05, 0) is 69.1 Å². The lowest BCUT2D eigenvalue weighted by Crippen LogP contribution is -2.36. The molecular weight excluding hydrogens is 239 g/mol. The summed E-state index contributed by atoms with van der Waals surface area (Å²) in [4.78, 5) is 2.51. The van der Waals surface area contributed by atoms with Gasteiger partial charge in [0.05, 0.1) is 0 Å². The number of piperidine rings is 1. The van der Waals surface area contributed by atoms with Crippen molar-refractivity contribution >= 4 is 0 Å². The van der Waals surface area contributed by atoms with Crippen LogP contribution in [0.3, 0.4) is 0 Å². The first-order chi connectivity index (χ1) is 9.19. The van der Waals surface area contributed by atoms with Crippen molar-refractivity contribution in [2.45, 2.75) is 33.2 Å². The molecule has 2 nitrogen and oxygen atoms in total. The second kappa shape index (κ2) is 7.01. The lowest BCUT2D eigenvalue weighted by Gasteiger charge is -2.31. The molecular formula is C16H25FN2. The predicted molar refractivity (Wildman–Crippen MR) is 77.7 cm³/mol. The van der Waals surface area contributed by atoms with Gasteiger partial charge < -0.3 is 10.2 Å². The molecule has 1 aromatic rings. The van der Waals surface area contributed by atoms with Crippen LogP contribution in [0.2, 0.25) is 0 Å². The van der Waals surface area contributed by atoms with Crippen LogP contribution in [0, 0.1) is 18.7 Å². The van der Waals surface area contributed by atoms with Crippen molar-refractivity contribution in [1.29, 1.82) is 0 Å². The van der Waals surface area contributed by atoms with Crippen molar-refractivity contribution in [2.24, 2.45) is 5.92 Å². The topological polar surface area (TPSA) is 15.3 Å². The Kier molecular flexibility index (Phi) is 5.34. The number of benzene rings is 1. The molecule has 0 amide bonds. The van der Waals surface area contributed by atoms with Crippen LogP contribution < -0.4 is 5.32 Å². The van der Waals surface area contributed by atoms with E-state index in [1.54, 1.807) is 13.0 Å². The standard InChI is InChI=1S/C16H25FN2/c1-3-19-8-6-14(7-9-19)11-18-12-15-5-4-13(2)16(17)10-15/h4-5,10,14,18H,3,6-9,11-12H2,1-2H3. The number of aryl methyl sites for hydroxylation is 1. The summed E-state index contributed by atoms with van der Waals surface area (Å²) in [5, 5.41) is 3.47. The van der Waals surface area contributed by atoms with Gasteiger partial charge in [-0.15, -0.1) is 0 Å². The van der Waals surface area contributed by atoms with Crippen LogP contribution in [0.25, 0.3) is 0 Å². The van der Waals surface area contributed by atoms with Gasteiger partial charge in [0.1, 0.15) is 5.82 Å². The van der Waals surface area contributed by atoms with E-state index in [9.17, 15) is 4.39 Å². The summed E-state index contributed by atoms with van der Waals surface area (Å²) in [5.41, 5.74) is 1.75. The summed E-state index contributed by atoms with van der Waals surface area (Å²) in [6.45, 7) is 9.46. The minimum Gasteiger partial charge on any atom is -0.312 e. The van der Waals surface area contributed by atoms with Crippen molar-refractivity contribution in [3.8, 4) is 0 Å². The average Bonchev–Trinajstić information content (AvgIpc) is 2.43. The summed E-state index contributed by atoms with van der Waals surface area (Å²) in [6.07, 6.45) is 2.56. The lowest BCUT2D eigenvalue weighted by molar-refractivity contribution is 0.190. The van der Waals surface area contributed by atoms with E-state index in [0.29, 0.717) is 0 Å². The minimum absolute atomic E-state index is 0.101. The normalized spacial score (nSPS) is 17.8. The molecule has 1 aliphatic rings. The molecule has 1 aromatic carbocycles. The number of likely N-dealkylation sites (tertiary alicyclic amines) is 1. The van der Waals surface area contributed by atoms with Gasteiger partial charge in [-0.1, -0.05) is 19.1 Å². The van der Waals surface area contributed by atoms with Crippen LogP contribution in [0.5, 0.6) is 0 Å². The molecule has 3 heteroatoms. The number of rotatable bonds is 5. The SMILES string of the molecule is CCN1CCC(CNCc2ccc(C)c(F)c2)CC1. The molecule has 1 aliphatic heterocycles. The number of hydrogen-bond donors (Lipinski definition) is 1. The molecule has 0 aliphatic carbocycles. The highest BCUT2D eigenvalue weighted by Gasteiger charge is 2.17. The maximum absolute atomic E-state index is 13.4. The third-order valence-corrected chi connectivity index (χ3v) is 4.15. The van der Waals surface area contributed by atoms with E-state index < -0.39 is 0 Å². The quantitative estimate of drug-likeness (QED) is 0.879. The first-order valence-corrected chi connectivity index (χ1v) is 7.37. The van der Waals surface area contributed by atoms with Crippen molar-refractivity contribution in [3.63, 3.8) is 0 Å². The molecule has 0 bridgehead atoms. The summed E-state index contributed by atoms with van der Waals surface area (Å²) < 4.78 is 13.4. The molecule has 106 valence electrons. The van der Waals surface area contributed by atoms with Crippen LogP contribution in [0.4, 0.5) is 4.39 Å². The molecule has 1 fully saturated rings. The fourth-order valence-electron chi connectivity index (χ4n) is 2.67. The highest BCUT2D eigenvalue weighted by molar-refractivity contribution is 5.23. The summed E-state index contributed by atoms with van der Waals surface area (Å²) >= 11 is 0. The molecule has 0 radical (unpaired) electrons. The van der Waals surface area contributed by atoms with E-state index >= 15 is 0 Å². The van der Waals surface area contributed by atoms with Crippen LogP contribution in [0.15, 0.2) is 18.2 Å². The Balaban J connectivity index is 1.70. The molecule has 1 saturated heterocycles. The molecule has 0 spiro atoms. The number of nitrogens with zero attached hydrogens (tertiary/aromatic N) is 1. The minimum atomic E-state index is -0.101. The van der Waals surface area contributed by atoms with Gasteiger partial charge in [-0.25, -0.2) is 4.39 Å². The van der Waals surface area contributed by atoms with Gasteiger partial charge in [-0.2, -0.15) is 0 Å². The predicted octanol–water partition coefficient (Wildman–Crippen LogP) is 2.96. The molecule has 0 aromatic heterocycles. The Hall–Kier alpha value is -0.930. The fourth-order valence-corrected chi connectivity index (χ4v) is 2.67. The zero-order chi connectivity index (χ0) is 13.7. The van der Waals surface area contributed by atoms with E-state index in [-0.39, 0.29) is 5.82 Å². The van der Waals surface area contributed by atoms with Gasteiger partial charge in [0.15, 0.2) is 0 Å². The third kappa shape index (κ3) is 4.29. The Labute approximate surface area is 116 Å². The summed E-state index contributed by atoms with van der Waals surface area (Å²) in [6, 6.07) is 5.50. The Morgan fingerprint density at radius 3 is 2.68 bits per heavy atom. The van der Waals surface area contributed by atoms with E-state index in [1.807, 2.05) is 12.1 Å². The second-order valence-corrected chi connectivity index (χ2v) is 5.59. The van der Waals surface area contributed by atoms with Crippen LogP contribution in [-0.4, -0.2) is 31.1 Å². The molecule has 0 unspecified atom stereocenters. The largest absolute Gasteiger partial charge is 0.312 e. The summed E-state index contributed by atoms with van der Waals surface area (Å²) in [7, 11) is 0. The van der Waals surface area contributed by atoms with Crippen LogP contribution >= 0.6 is 0 Å². The first-order valence-electron chi connectivity index (χ1n) is 7.37. The first kappa shape index (κ1) is 14.5. The van der Waals surface area contributed by atoms with Crippen molar-refractivity contribution in [3.05, 3.63) is 35.1 Å². The maximum Gasteiger partial charge on any atom is 0.126 e. The Morgan fingerprint density at radius 1 is 1.32 bits per heavy atom. The van der Waals surface area contributed by atoms with Gasteiger partial charge in [-0.3, -0.25) is 0 Å². The smallest absolute Gasteiger partial charge is 0.126 e. The van der Waals surface area contributed by atoms with Gasteiger partial charge in [0, 0.05) is 6.54 Å². The highest BCUT2D eigenvalue weighted by Crippen LogP contribution is 2.16. The average molecular weight is 264 g/mol. The molecule has 19 heavy (non-hydrogen) atoms. The third-order valence-electron chi connectivity index (χ3n) is 4.15. The van der Waals surface area contributed by atoms with Crippen LogP contribution in [-0.2, 0) is 6.54 Å². The lowest BCUT2D eigenvalue weighted by atomic mass is 9.97. The summed E-state index contributed by atoms with van der Waals surface area (Å²) in [5.74, 6) is 0.675. The van der Waals surface area contributed by atoms with Crippen molar-refractivity contribution < 1.29 is 4.39 Å². The van der Waals surface area contributed by atoms with Gasteiger partial charge >= 0.3 is 0 Å². The molecule has 1 heterocycles. The number of nitrogens with one attached hydrogen (secondary N) is 1. The van der Waals surface area contributed by atoms with Crippen molar-refractivity contribution in [2.75, 3.05) is 26.2 Å². The molecule has 0 atom stereocenters. The van der Waals surface area contributed by atoms with Crippen molar-refractivity contribution in [1.82, 2.24) is 10.2 Å². The Morgan fingerprint density at radius 2 is 2.05 bits per heavy atom. The second-order valence-electron chi connectivity index (χ2n) is 5.59. The fraction of sp³-hybridized carbons (Fsp3) is 0.625. The van der Waals surface area contributed by atoms with E-state index in [2.05, 4.69) is 17.1 Å². The zero-order valence-corrected chi connectivity index (χ0v) is 12.1. The monoisotopic (exact) mass is 264 g/mol. The zero-order valence-electron chi connectivity index (χ0n) is 12.1. The van der Waals surface area contributed by atoms with E-state index in [4.69, 9.17) is 0 Å². The van der Waals surface area contributed by atoms with Crippen LogP contribution in [0.1, 0.15) is 30.9 Å². The number of halogens is 1.